The van der Waals surface area contributed by atoms with Gasteiger partial charge in [-0.3, -0.25) is 4.79 Å². The lowest BCUT2D eigenvalue weighted by molar-refractivity contribution is -0.135. The molecule has 6 heteroatoms. The molecule has 0 bridgehead atoms. The highest BCUT2D eigenvalue weighted by Crippen LogP contribution is 2.27. The molecule has 0 amide bonds. The van der Waals surface area contributed by atoms with Gasteiger partial charge in [-0.15, -0.1) is 0 Å². The van der Waals surface area contributed by atoms with Gasteiger partial charge < -0.3 is 14.7 Å². The standard InChI is InChI=1S/C13H19N3O3/c1-2-19-12-7-11(14-9-15-12)16(8-13(17)18)10-5-3-4-6-10/h7,9-10H,2-6,8H2,1H3,(H,17,18). The number of anilines is 1. The van der Waals surface area contributed by atoms with Crippen molar-refractivity contribution in [3.05, 3.63) is 12.4 Å². The molecule has 2 rings (SSSR count). The maximum Gasteiger partial charge on any atom is 0.323 e. The number of rotatable bonds is 6. The van der Waals surface area contributed by atoms with Gasteiger partial charge in [0.1, 0.15) is 18.7 Å². The van der Waals surface area contributed by atoms with Crippen molar-refractivity contribution in [1.82, 2.24) is 9.97 Å². The van der Waals surface area contributed by atoms with Gasteiger partial charge >= 0.3 is 5.97 Å². The van der Waals surface area contributed by atoms with E-state index in [1.807, 2.05) is 11.8 Å². The molecule has 19 heavy (non-hydrogen) atoms. The van der Waals surface area contributed by atoms with Crippen molar-refractivity contribution < 1.29 is 14.6 Å². The lowest BCUT2D eigenvalue weighted by atomic mass is 10.2. The molecule has 1 aliphatic rings. The van der Waals surface area contributed by atoms with E-state index in [1.165, 1.54) is 6.33 Å². The third-order valence-corrected chi connectivity index (χ3v) is 3.29. The average molecular weight is 265 g/mol. The number of hydrogen-bond acceptors (Lipinski definition) is 5. The number of nitrogens with zero attached hydrogens (tertiary/aromatic N) is 3. The maximum absolute atomic E-state index is 11.0. The number of ether oxygens (including phenoxy) is 1. The highest BCUT2D eigenvalue weighted by atomic mass is 16.5. The fourth-order valence-corrected chi connectivity index (χ4v) is 2.47. The van der Waals surface area contributed by atoms with E-state index in [-0.39, 0.29) is 12.6 Å². The second kappa shape index (κ2) is 6.36. The molecule has 104 valence electrons. The molecule has 6 nitrogen and oxygen atoms in total. The van der Waals surface area contributed by atoms with Crippen LogP contribution in [0.4, 0.5) is 5.82 Å². The monoisotopic (exact) mass is 265 g/mol. The molecule has 0 aromatic carbocycles. The van der Waals surface area contributed by atoms with Crippen LogP contribution in [-0.2, 0) is 4.79 Å². The Morgan fingerprint density at radius 1 is 1.47 bits per heavy atom. The highest BCUT2D eigenvalue weighted by molar-refractivity contribution is 5.73. The first kappa shape index (κ1) is 13.6. The van der Waals surface area contributed by atoms with E-state index in [0.29, 0.717) is 18.3 Å². The summed E-state index contributed by atoms with van der Waals surface area (Å²) in [5, 5.41) is 9.06. The summed E-state index contributed by atoms with van der Waals surface area (Å²) in [4.78, 5) is 21.1. The summed E-state index contributed by atoms with van der Waals surface area (Å²) < 4.78 is 5.34. The SMILES string of the molecule is CCOc1cc(N(CC(=O)O)C2CCCC2)ncn1. The molecule has 1 saturated carbocycles. The van der Waals surface area contributed by atoms with E-state index in [1.54, 1.807) is 6.07 Å². The Bertz CT molecular complexity index is 433. The molecule has 0 atom stereocenters. The Balaban J connectivity index is 2.20. The number of carbonyl (C=O) groups is 1. The average Bonchev–Trinajstić information content (AvgIpc) is 2.90. The van der Waals surface area contributed by atoms with Gasteiger partial charge in [0.15, 0.2) is 0 Å². The smallest absolute Gasteiger partial charge is 0.323 e. The summed E-state index contributed by atoms with van der Waals surface area (Å²) in [6.07, 6.45) is 5.74. The summed E-state index contributed by atoms with van der Waals surface area (Å²) in [5.41, 5.74) is 0. The molecule has 0 spiro atoms. The van der Waals surface area contributed by atoms with Crippen LogP contribution in [0.1, 0.15) is 32.6 Å². The van der Waals surface area contributed by atoms with E-state index in [0.717, 1.165) is 25.7 Å². The van der Waals surface area contributed by atoms with E-state index in [9.17, 15) is 4.79 Å². The zero-order valence-corrected chi connectivity index (χ0v) is 11.1. The Kier molecular flexibility index (Phi) is 4.54. The van der Waals surface area contributed by atoms with Crippen molar-refractivity contribution in [3.63, 3.8) is 0 Å². The van der Waals surface area contributed by atoms with Crippen molar-refractivity contribution >= 4 is 11.8 Å². The molecule has 1 fully saturated rings. The van der Waals surface area contributed by atoms with Crippen LogP contribution < -0.4 is 9.64 Å². The molecule has 1 heterocycles. The molecule has 1 N–H and O–H groups in total. The predicted octanol–water partition coefficient (Wildman–Crippen LogP) is 1.71. The third-order valence-electron chi connectivity index (χ3n) is 3.29. The summed E-state index contributed by atoms with van der Waals surface area (Å²) in [7, 11) is 0. The number of hydrogen-bond donors (Lipinski definition) is 1. The van der Waals surface area contributed by atoms with Crippen molar-refractivity contribution in [1.29, 1.82) is 0 Å². The first-order chi connectivity index (χ1) is 9.20. The first-order valence-corrected chi connectivity index (χ1v) is 6.64. The first-order valence-electron chi connectivity index (χ1n) is 6.64. The molecule has 0 radical (unpaired) electrons. The maximum atomic E-state index is 11.0. The fraction of sp³-hybridized carbons (Fsp3) is 0.615. The van der Waals surface area contributed by atoms with Crippen molar-refractivity contribution in [2.75, 3.05) is 18.1 Å². The summed E-state index contributed by atoms with van der Waals surface area (Å²) in [5.74, 6) is 0.275. The number of carboxylic acid groups (broad SMARTS) is 1. The largest absolute Gasteiger partial charge is 0.480 e. The van der Waals surface area contributed by atoms with Gasteiger partial charge in [-0.2, -0.15) is 0 Å². The van der Waals surface area contributed by atoms with E-state index in [2.05, 4.69) is 9.97 Å². The van der Waals surface area contributed by atoms with E-state index >= 15 is 0 Å². The topological polar surface area (TPSA) is 75.5 Å². The van der Waals surface area contributed by atoms with Crippen LogP contribution in [0, 0.1) is 0 Å². The van der Waals surface area contributed by atoms with Gasteiger partial charge in [0.2, 0.25) is 5.88 Å². The van der Waals surface area contributed by atoms with Gasteiger partial charge in [-0.25, -0.2) is 9.97 Å². The van der Waals surface area contributed by atoms with Crippen LogP contribution in [0.2, 0.25) is 0 Å². The van der Waals surface area contributed by atoms with Gasteiger partial charge in [-0.1, -0.05) is 12.8 Å². The Morgan fingerprint density at radius 3 is 2.84 bits per heavy atom. The Morgan fingerprint density at radius 2 is 2.21 bits per heavy atom. The van der Waals surface area contributed by atoms with Gasteiger partial charge in [-0.05, 0) is 19.8 Å². The number of carboxylic acids is 1. The summed E-state index contributed by atoms with van der Waals surface area (Å²) in [6.45, 7) is 2.37. The van der Waals surface area contributed by atoms with Crippen LogP contribution in [0.15, 0.2) is 12.4 Å². The number of aromatic nitrogens is 2. The second-order valence-electron chi connectivity index (χ2n) is 4.61. The zero-order chi connectivity index (χ0) is 13.7. The van der Waals surface area contributed by atoms with Crippen LogP contribution in [0.25, 0.3) is 0 Å². The van der Waals surface area contributed by atoms with Gasteiger partial charge in [0, 0.05) is 12.1 Å². The quantitative estimate of drug-likeness (QED) is 0.844. The van der Waals surface area contributed by atoms with E-state index < -0.39 is 5.97 Å². The molecule has 1 aliphatic carbocycles. The minimum Gasteiger partial charge on any atom is -0.480 e. The fourth-order valence-electron chi connectivity index (χ4n) is 2.47. The number of aliphatic carboxylic acids is 1. The lowest BCUT2D eigenvalue weighted by Crippen LogP contribution is -2.38. The van der Waals surface area contributed by atoms with Crippen LogP contribution in [0.5, 0.6) is 5.88 Å². The highest BCUT2D eigenvalue weighted by Gasteiger charge is 2.25. The lowest BCUT2D eigenvalue weighted by Gasteiger charge is -2.28. The van der Waals surface area contributed by atoms with Crippen molar-refractivity contribution in [2.45, 2.75) is 38.6 Å². The molecule has 0 saturated heterocycles. The van der Waals surface area contributed by atoms with Gasteiger partial charge in [0.25, 0.3) is 0 Å². The molecule has 1 aromatic rings. The van der Waals surface area contributed by atoms with E-state index in [4.69, 9.17) is 9.84 Å². The van der Waals surface area contributed by atoms with Crippen LogP contribution in [0.3, 0.4) is 0 Å². The van der Waals surface area contributed by atoms with Crippen LogP contribution >= 0.6 is 0 Å². The van der Waals surface area contributed by atoms with Crippen LogP contribution in [-0.4, -0.2) is 40.2 Å². The molecular weight excluding hydrogens is 246 g/mol. The minimum atomic E-state index is -0.844. The van der Waals surface area contributed by atoms with Gasteiger partial charge in [0.05, 0.1) is 6.61 Å². The van der Waals surface area contributed by atoms with Crippen molar-refractivity contribution in [3.8, 4) is 5.88 Å². The molecule has 0 aliphatic heterocycles. The molecule has 1 aromatic heterocycles. The van der Waals surface area contributed by atoms with Crippen molar-refractivity contribution in [2.24, 2.45) is 0 Å². The molecule has 0 unspecified atom stereocenters. The normalized spacial score (nSPS) is 15.4. The zero-order valence-electron chi connectivity index (χ0n) is 11.1. The minimum absolute atomic E-state index is 0.0345. The Hall–Kier alpha value is -1.85. The Labute approximate surface area is 112 Å². The third kappa shape index (κ3) is 3.56. The molecular formula is C13H19N3O3. The second-order valence-corrected chi connectivity index (χ2v) is 4.61. The predicted molar refractivity (Wildman–Crippen MR) is 70.4 cm³/mol. The summed E-state index contributed by atoms with van der Waals surface area (Å²) in [6, 6.07) is 1.96. The summed E-state index contributed by atoms with van der Waals surface area (Å²) >= 11 is 0.